The molecule has 0 spiro atoms. The Balaban J connectivity index is 1.80. The van der Waals surface area contributed by atoms with Crippen molar-refractivity contribution in [1.82, 2.24) is 5.32 Å². The van der Waals surface area contributed by atoms with Crippen LogP contribution in [0.1, 0.15) is 49.6 Å². The minimum Gasteiger partial charge on any atom is -0.450 e. The number of rotatable bonds is 8. The van der Waals surface area contributed by atoms with Gasteiger partial charge in [0.15, 0.2) is 5.76 Å². The number of hydrogen-bond acceptors (Lipinski definition) is 2. The molecule has 0 radical (unpaired) electrons. The highest BCUT2D eigenvalue weighted by atomic mass is 35.5. The van der Waals surface area contributed by atoms with Crippen LogP contribution in [0.15, 0.2) is 52.9 Å². The van der Waals surface area contributed by atoms with Crippen LogP contribution in [0.5, 0.6) is 0 Å². The molecule has 4 heteroatoms. The molecule has 136 valence electrons. The summed E-state index contributed by atoms with van der Waals surface area (Å²) in [6, 6.07) is 15.2. The fraction of sp³-hybridized carbons (Fsp3) is 0.318. The Kier molecular flexibility index (Phi) is 6.35. The molecule has 1 heterocycles. The minimum absolute atomic E-state index is 0.162. The third-order valence-electron chi connectivity index (χ3n) is 4.48. The molecule has 0 atom stereocenters. The fourth-order valence-electron chi connectivity index (χ4n) is 3.11. The molecule has 3 rings (SSSR count). The molecule has 0 unspecified atom stereocenters. The number of benzene rings is 2. The van der Waals surface area contributed by atoms with E-state index in [0.29, 0.717) is 23.1 Å². The van der Waals surface area contributed by atoms with Crippen LogP contribution in [0, 0.1) is 0 Å². The Morgan fingerprint density at radius 3 is 2.54 bits per heavy atom. The molecule has 0 aliphatic carbocycles. The molecule has 0 aliphatic heterocycles. The highest BCUT2D eigenvalue weighted by molar-refractivity contribution is 6.30. The van der Waals surface area contributed by atoms with Crippen molar-refractivity contribution in [2.75, 3.05) is 6.54 Å². The van der Waals surface area contributed by atoms with Crippen LogP contribution in [0.2, 0.25) is 5.02 Å². The van der Waals surface area contributed by atoms with Crippen LogP contribution in [0.3, 0.4) is 0 Å². The van der Waals surface area contributed by atoms with Crippen LogP contribution in [-0.4, -0.2) is 12.5 Å². The number of amides is 1. The maximum Gasteiger partial charge on any atom is 0.287 e. The summed E-state index contributed by atoms with van der Waals surface area (Å²) in [5, 5.41) is 5.37. The van der Waals surface area contributed by atoms with Crippen LogP contribution < -0.4 is 5.32 Å². The number of carbonyl (C=O) groups excluding carboxylic acids is 1. The monoisotopic (exact) mass is 369 g/mol. The highest BCUT2D eigenvalue weighted by Crippen LogP contribution is 2.34. The van der Waals surface area contributed by atoms with E-state index >= 15 is 0 Å². The lowest BCUT2D eigenvalue weighted by Gasteiger charge is -2.03. The predicted molar refractivity (Wildman–Crippen MR) is 108 cm³/mol. The molecule has 1 N–H and O–H groups in total. The van der Waals surface area contributed by atoms with Crippen molar-refractivity contribution >= 4 is 28.3 Å². The molecular weight excluding hydrogens is 346 g/mol. The van der Waals surface area contributed by atoms with E-state index in [-0.39, 0.29) is 5.91 Å². The Morgan fingerprint density at radius 1 is 1.00 bits per heavy atom. The van der Waals surface area contributed by atoms with Crippen molar-refractivity contribution in [3.05, 3.63) is 59.3 Å². The van der Waals surface area contributed by atoms with E-state index in [0.717, 1.165) is 29.2 Å². The van der Waals surface area contributed by atoms with Gasteiger partial charge in [0, 0.05) is 27.9 Å². The Bertz CT molecular complexity index is 885. The van der Waals surface area contributed by atoms with Crippen molar-refractivity contribution < 1.29 is 9.21 Å². The first-order valence-corrected chi connectivity index (χ1v) is 9.64. The third kappa shape index (κ3) is 4.28. The fourth-order valence-corrected chi connectivity index (χ4v) is 3.30. The third-order valence-corrected chi connectivity index (χ3v) is 4.71. The van der Waals surface area contributed by atoms with Crippen LogP contribution >= 0.6 is 11.6 Å². The first-order chi connectivity index (χ1) is 12.7. The van der Waals surface area contributed by atoms with Gasteiger partial charge in [-0.15, -0.1) is 0 Å². The van der Waals surface area contributed by atoms with Crippen molar-refractivity contribution in [3.63, 3.8) is 0 Å². The number of furan rings is 1. The van der Waals surface area contributed by atoms with Gasteiger partial charge in [-0.3, -0.25) is 4.79 Å². The lowest BCUT2D eigenvalue weighted by Crippen LogP contribution is -2.24. The molecule has 0 fully saturated rings. The van der Waals surface area contributed by atoms with E-state index in [9.17, 15) is 4.79 Å². The molecule has 0 bridgehead atoms. The van der Waals surface area contributed by atoms with E-state index in [1.54, 1.807) is 0 Å². The molecule has 2 aromatic carbocycles. The molecule has 0 aliphatic rings. The van der Waals surface area contributed by atoms with E-state index in [1.807, 2.05) is 48.5 Å². The van der Waals surface area contributed by atoms with Gasteiger partial charge in [-0.25, -0.2) is 0 Å². The molecule has 26 heavy (non-hydrogen) atoms. The van der Waals surface area contributed by atoms with E-state index in [1.165, 1.54) is 19.3 Å². The summed E-state index contributed by atoms with van der Waals surface area (Å²) in [7, 11) is 0. The van der Waals surface area contributed by atoms with Gasteiger partial charge in [-0.05, 0) is 18.6 Å². The van der Waals surface area contributed by atoms with E-state index in [4.69, 9.17) is 16.0 Å². The average molecular weight is 370 g/mol. The van der Waals surface area contributed by atoms with Crippen molar-refractivity contribution in [2.45, 2.75) is 39.0 Å². The smallest absolute Gasteiger partial charge is 0.287 e. The second-order valence-corrected chi connectivity index (χ2v) is 6.92. The Morgan fingerprint density at radius 2 is 1.77 bits per heavy atom. The molecule has 0 saturated carbocycles. The lowest BCUT2D eigenvalue weighted by atomic mass is 10.1. The number of hydrogen-bond donors (Lipinski definition) is 1. The topological polar surface area (TPSA) is 42.2 Å². The van der Waals surface area contributed by atoms with Gasteiger partial charge in [0.2, 0.25) is 0 Å². The average Bonchev–Trinajstić information content (AvgIpc) is 3.04. The number of fused-ring (bicyclic) bond motifs is 1. The maximum atomic E-state index is 12.6. The molecule has 1 aromatic heterocycles. The van der Waals surface area contributed by atoms with Crippen LogP contribution in [0.4, 0.5) is 0 Å². The molecule has 0 saturated heterocycles. The standard InChI is InChI=1S/C22H24ClNO2/c1-2-3-4-5-8-14-24-22(25)21-19-13-7-6-12-18(19)20(26-21)16-10-9-11-17(23)15-16/h6-7,9-13,15H,2-5,8,14H2,1H3,(H,24,25). The summed E-state index contributed by atoms with van der Waals surface area (Å²) in [6.45, 7) is 2.87. The summed E-state index contributed by atoms with van der Waals surface area (Å²) < 4.78 is 5.99. The predicted octanol–water partition coefficient (Wildman–Crippen LogP) is 6.45. The summed E-state index contributed by atoms with van der Waals surface area (Å²) >= 11 is 6.11. The molecule has 1 amide bonds. The van der Waals surface area contributed by atoms with Gasteiger partial charge in [0.1, 0.15) is 5.76 Å². The molecule has 3 nitrogen and oxygen atoms in total. The first-order valence-electron chi connectivity index (χ1n) is 9.26. The number of carbonyl (C=O) groups is 1. The summed E-state index contributed by atoms with van der Waals surface area (Å²) in [4.78, 5) is 12.6. The van der Waals surface area contributed by atoms with Crippen molar-refractivity contribution in [2.24, 2.45) is 0 Å². The first kappa shape index (κ1) is 18.5. The van der Waals surface area contributed by atoms with Crippen LogP contribution in [-0.2, 0) is 0 Å². The van der Waals surface area contributed by atoms with Gasteiger partial charge in [0.25, 0.3) is 5.91 Å². The number of halogens is 1. The zero-order valence-corrected chi connectivity index (χ0v) is 15.8. The van der Waals surface area contributed by atoms with E-state index < -0.39 is 0 Å². The Hall–Kier alpha value is -2.26. The van der Waals surface area contributed by atoms with Crippen molar-refractivity contribution in [3.8, 4) is 11.3 Å². The summed E-state index contributed by atoms with van der Waals surface area (Å²) in [6.07, 6.45) is 5.82. The van der Waals surface area contributed by atoms with E-state index in [2.05, 4.69) is 12.2 Å². The summed E-state index contributed by atoms with van der Waals surface area (Å²) in [5.41, 5.74) is 0.868. The normalized spacial score (nSPS) is 11.0. The SMILES string of the molecule is CCCCCCCNC(=O)c1oc(-c2cccc(Cl)c2)c2ccccc12. The van der Waals surface area contributed by atoms with Gasteiger partial charge in [-0.1, -0.05) is 80.6 Å². The second-order valence-electron chi connectivity index (χ2n) is 6.49. The van der Waals surface area contributed by atoms with Crippen molar-refractivity contribution in [1.29, 1.82) is 0 Å². The largest absolute Gasteiger partial charge is 0.450 e. The van der Waals surface area contributed by atoms with Crippen LogP contribution in [0.25, 0.3) is 22.1 Å². The summed E-state index contributed by atoms with van der Waals surface area (Å²) in [5.74, 6) is 0.880. The quantitative estimate of drug-likeness (QED) is 0.463. The van der Waals surface area contributed by atoms with Gasteiger partial charge in [0.05, 0.1) is 0 Å². The zero-order chi connectivity index (χ0) is 18.4. The Labute approximate surface area is 159 Å². The zero-order valence-electron chi connectivity index (χ0n) is 15.1. The second kappa shape index (κ2) is 8.91. The number of nitrogens with one attached hydrogen (secondary N) is 1. The maximum absolute atomic E-state index is 12.6. The van der Waals surface area contributed by atoms with Gasteiger partial charge >= 0.3 is 0 Å². The number of unbranched alkanes of at least 4 members (excludes halogenated alkanes) is 4. The van der Waals surface area contributed by atoms with Gasteiger partial charge < -0.3 is 9.73 Å². The van der Waals surface area contributed by atoms with Gasteiger partial charge in [-0.2, -0.15) is 0 Å². The lowest BCUT2D eigenvalue weighted by molar-refractivity contribution is 0.0928. The molecular formula is C22H24ClNO2. The minimum atomic E-state index is -0.162. The highest BCUT2D eigenvalue weighted by Gasteiger charge is 2.19. The molecule has 3 aromatic rings.